The maximum absolute atomic E-state index is 13.3. The Bertz CT molecular complexity index is 905. The highest BCUT2D eigenvalue weighted by atomic mass is 19.1. The minimum atomic E-state index is -0.536. The zero-order valence-corrected chi connectivity index (χ0v) is 15.2. The van der Waals surface area contributed by atoms with Crippen LogP contribution in [0.1, 0.15) is 31.1 Å². The number of amides is 3. The monoisotopic (exact) mass is 370 g/mol. The summed E-state index contributed by atoms with van der Waals surface area (Å²) < 4.78 is 13.3. The maximum Gasteiger partial charge on any atom is 0.356 e. The van der Waals surface area contributed by atoms with Crippen LogP contribution in [0.5, 0.6) is 0 Å². The molecule has 0 bridgehead atoms. The van der Waals surface area contributed by atoms with Gasteiger partial charge in [0.15, 0.2) is 5.82 Å². The van der Waals surface area contributed by atoms with Gasteiger partial charge in [-0.3, -0.25) is 10.2 Å². The number of nitrogens with one attached hydrogen (secondary N) is 2. The number of halogens is 1. The van der Waals surface area contributed by atoms with Gasteiger partial charge in [-0.05, 0) is 12.1 Å². The van der Waals surface area contributed by atoms with E-state index in [9.17, 15) is 14.0 Å². The predicted octanol–water partition coefficient (Wildman–Crippen LogP) is 2.35. The zero-order chi connectivity index (χ0) is 19.6. The van der Waals surface area contributed by atoms with Crippen molar-refractivity contribution in [2.24, 2.45) is 10.5 Å². The van der Waals surface area contributed by atoms with Crippen molar-refractivity contribution in [1.29, 1.82) is 0 Å². The first-order valence-corrected chi connectivity index (χ1v) is 8.27. The molecule has 0 saturated heterocycles. The molecule has 0 spiro atoms. The first kappa shape index (κ1) is 18.4. The molecule has 27 heavy (non-hydrogen) atoms. The lowest BCUT2D eigenvalue weighted by Gasteiger charge is -2.31. The second-order valence-electron chi connectivity index (χ2n) is 7.06. The lowest BCUT2D eigenvalue weighted by Crippen LogP contribution is -2.56. The van der Waals surface area contributed by atoms with Crippen LogP contribution in [0.4, 0.5) is 9.18 Å². The van der Waals surface area contributed by atoms with E-state index in [1.165, 1.54) is 24.5 Å². The van der Waals surface area contributed by atoms with Crippen molar-refractivity contribution in [3.63, 3.8) is 0 Å². The summed E-state index contributed by atoms with van der Waals surface area (Å²) in [4.78, 5) is 32.5. The second kappa shape index (κ2) is 7.10. The quantitative estimate of drug-likeness (QED) is 0.866. The van der Waals surface area contributed by atoms with Crippen molar-refractivity contribution in [3.8, 4) is 11.4 Å². The standard InChI is InChI=1S/C18H19FN6O2/c1-18(2,3)14-10-25(17(27)23-22-14)24-16(26)12-8-20-15(21-9-12)11-5-4-6-13(19)7-11/h4-9H,10H2,1-3H3,(H,23,27)(H,24,26). The third kappa shape index (κ3) is 4.25. The zero-order valence-electron chi connectivity index (χ0n) is 15.2. The molecule has 0 unspecified atom stereocenters. The van der Waals surface area contributed by atoms with E-state index in [-0.39, 0.29) is 17.5 Å². The summed E-state index contributed by atoms with van der Waals surface area (Å²) in [6, 6.07) is 5.32. The minimum Gasteiger partial charge on any atom is -0.267 e. The molecule has 3 amide bonds. The molecule has 0 saturated carbocycles. The van der Waals surface area contributed by atoms with Gasteiger partial charge in [-0.1, -0.05) is 32.9 Å². The Morgan fingerprint density at radius 3 is 2.59 bits per heavy atom. The number of aromatic nitrogens is 2. The molecule has 0 radical (unpaired) electrons. The summed E-state index contributed by atoms with van der Waals surface area (Å²) in [6.07, 6.45) is 2.65. The summed E-state index contributed by atoms with van der Waals surface area (Å²) in [7, 11) is 0. The van der Waals surface area contributed by atoms with Crippen LogP contribution in [0.15, 0.2) is 41.8 Å². The Kier molecular flexibility index (Phi) is 4.85. The van der Waals surface area contributed by atoms with Gasteiger partial charge in [0.1, 0.15) is 5.82 Å². The fourth-order valence-corrected chi connectivity index (χ4v) is 2.34. The van der Waals surface area contributed by atoms with Gasteiger partial charge in [-0.25, -0.2) is 29.6 Å². The number of nitrogens with zero attached hydrogens (tertiary/aromatic N) is 4. The van der Waals surface area contributed by atoms with E-state index in [1.807, 2.05) is 20.8 Å². The Balaban J connectivity index is 1.71. The molecular formula is C18H19FN6O2. The average molecular weight is 370 g/mol. The van der Waals surface area contributed by atoms with E-state index < -0.39 is 17.8 Å². The van der Waals surface area contributed by atoms with Crippen LogP contribution in [-0.4, -0.2) is 39.2 Å². The summed E-state index contributed by atoms with van der Waals surface area (Å²) in [5, 5.41) is 5.18. The van der Waals surface area contributed by atoms with E-state index in [0.717, 1.165) is 10.7 Å². The highest BCUT2D eigenvalue weighted by Crippen LogP contribution is 2.18. The Morgan fingerprint density at radius 1 is 1.26 bits per heavy atom. The first-order valence-electron chi connectivity index (χ1n) is 8.27. The molecule has 3 rings (SSSR count). The number of hydrazone groups is 1. The maximum atomic E-state index is 13.3. The minimum absolute atomic E-state index is 0.169. The number of hydrazine groups is 1. The van der Waals surface area contributed by atoms with Gasteiger partial charge in [0.25, 0.3) is 5.91 Å². The van der Waals surface area contributed by atoms with Gasteiger partial charge >= 0.3 is 6.03 Å². The van der Waals surface area contributed by atoms with E-state index in [4.69, 9.17) is 0 Å². The van der Waals surface area contributed by atoms with Crippen LogP contribution in [0.3, 0.4) is 0 Å². The van der Waals surface area contributed by atoms with Crippen LogP contribution in [0, 0.1) is 11.2 Å². The molecule has 1 aliphatic rings. The fourth-order valence-electron chi connectivity index (χ4n) is 2.34. The molecule has 0 atom stereocenters. The van der Waals surface area contributed by atoms with Crippen molar-refractivity contribution in [3.05, 3.63) is 48.0 Å². The van der Waals surface area contributed by atoms with Crippen LogP contribution in [0.2, 0.25) is 0 Å². The van der Waals surface area contributed by atoms with Gasteiger partial charge in [-0.2, -0.15) is 5.10 Å². The largest absolute Gasteiger partial charge is 0.356 e. The second-order valence-corrected chi connectivity index (χ2v) is 7.06. The molecule has 1 aliphatic heterocycles. The smallest absolute Gasteiger partial charge is 0.267 e. The third-order valence-electron chi connectivity index (χ3n) is 3.94. The predicted molar refractivity (Wildman–Crippen MR) is 97.0 cm³/mol. The highest BCUT2D eigenvalue weighted by molar-refractivity contribution is 5.99. The number of benzene rings is 1. The van der Waals surface area contributed by atoms with Gasteiger partial charge in [0, 0.05) is 23.4 Å². The van der Waals surface area contributed by atoms with Crippen LogP contribution in [0.25, 0.3) is 11.4 Å². The van der Waals surface area contributed by atoms with Crippen molar-refractivity contribution in [1.82, 2.24) is 25.8 Å². The Labute approximate surface area is 155 Å². The lowest BCUT2D eigenvalue weighted by molar-refractivity contribution is 0.0835. The molecule has 2 N–H and O–H groups in total. The number of urea groups is 1. The van der Waals surface area contributed by atoms with E-state index in [0.29, 0.717) is 11.4 Å². The normalized spacial score (nSPS) is 14.4. The molecule has 1 aromatic carbocycles. The number of rotatable bonds is 3. The van der Waals surface area contributed by atoms with Crippen molar-refractivity contribution in [2.45, 2.75) is 20.8 Å². The Hall–Kier alpha value is -3.36. The summed E-state index contributed by atoms with van der Waals surface area (Å²) >= 11 is 0. The van der Waals surface area contributed by atoms with Crippen molar-refractivity contribution < 1.29 is 14.0 Å². The molecule has 8 nitrogen and oxygen atoms in total. The molecule has 9 heteroatoms. The highest BCUT2D eigenvalue weighted by Gasteiger charge is 2.29. The molecule has 1 aromatic heterocycles. The first-order chi connectivity index (χ1) is 12.7. The molecule has 0 fully saturated rings. The summed E-state index contributed by atoms with van der Waals surface area (Å²) in [6.45, 7) is 6.05. The third-order valence-corrected chi connectivity index (χ3v) is 3.94. The molecule has 2 aromatic rings. The van der Waals surface area contributed by atoms with Gasteiger partial charge < -0.3 is 0 Å². The summed E-state index contributed by atoms with van der Waals surface area (Å²) in [5.74, 6) is -0.639. The van der Waals surface area contributed by atoms with Gasteiger partial charge in [0.05, 0.1) is 17.8 Å². The van der Waals surface area contributed by atoms with E-state index >= 15 is 0 Å². The average Bonchev–Trinajstić information content (AvgIpc) is 2.62. The number of carbonyl (C=O) groups is 2. The van der Waals surface area contributed by atoms with Crippen LogP contribution in [-0.2, 0) is 0 Å². The van der Waals surface area contributed by atoms with Gasteiger partial charge in [-0.15, -0.1) is 0 Å². The van der Waals surface area contributed by atoms with E-state index in [1.54, 1.807) is 12.1 Å². The molecule has 0 aliphatic carbocycles. The van der Waals surface area contributed by atoms with Crippen molar-refractivity contribution in [2.75, 3.05) is 6.54 Å². The summed E-state index contributed by atoms with van der Waals surface area (Å²) in [5.41, 5.74) is 6.03. The number of hydrogen-bond acceptors (Lipinski definition) is 5. The van der Waals surface area contributed by atoms with E-state index in [2.05, 4.69) is 25.9 Å². The van der Waals surface area contributed by atoms with Gasteiger partial charge in [0.2, 0.25) is 0 Å². The molecule has 2 heterocycles. The Morgan fingerprint density at radius 2 is 1.96 bits per heavy atom. The number of hydrogen-bond donors (Lipinski definition) is 2. The van der Waals surface area contributed by atoms with Crippen LogP contribution >= 0.6 is 0 Å². The molecule has 140 valence electrons. The van der Waals surface area contributed by atoms with Crippen molar-refractivity contribution >= 4 is 17.6 Å². The SMILES string of the molecule is CC(C)(C)C1=NNC(=O)N(NC(=O)c2cnc(-c3cccc(F)c3)nc2)C1. The van der Waals surface area contributed by atoms with Crippen LogP contribution < -0.4 is 10.9 Å². The topological polar surface area (TPSA) is 99.6 Å². The number of carbonyl (C=O) groups excluding carboxylic acids is 2. The molecular weight excluding hydrogens is 351 g/mol. The fraction of sp³-hybridized carbons (Fsp3) is 0.278. The lowest BCUT2D eigenvalue weighted by atomic mass is 9.89.